The molecule has 0 aliphatic rings. The van der Waals surface area contributed by atoms with Crippen LogP contribution in [0.5, 0.6) is 0 Å². The van der Waals surface area contributed by atoms with Gasteiger partial charge in [0, 0.05) is 39.0 Å². The van der Waals surface area contributed by atoms with Gasteiger partial charge in [0.1, 0.15) is 5.58 Å². The summed E-state index contributed by atoms with van der Waals surface area (Å²) >= 11 is 0. The molecule has 10 aromatic rings. The molecule has 0 fully saturated rings. The highest BCUT2D eigenvalue weighted by Crippen LogP contribution is 2.37. The van der Waals surface area contributed by atoms with Crippen molar-refractivity contribution >= 4 is 54.3 Å². The fourth-order valence-corrected chi connectivity index (χ4v) is 6.94. The number of aromatic nitrogens is 4. The van der Waals surface area contributed by atoms with Gasteiger partial charge in [0.25, 0.3) is 0 Å². The predicted molar refractivity (Wildman–Crippen MR) is 199 cm³/mol. The van der Waals surface area contributed by atoms with E-state index in [9.17, 15) is 0 Å². The van der Waals surface area contributed by atoms with E-state index in [1.165, 1.54) is 10.8 Å². The first-order valence-corrected chi connectivity index (χ1v) is 16.3. The molecule has 0 saturated carbocycles. The summed E-state index contributed by atoms with van der Waals surface area (Å²) in [4.78, 5) is 19.6. The molecule has 3 heterocycles. The Kier molecular flexibility index (Phi) is 6.11. The molecule has 10 rings (SSSR count). The van der Waals surface area contributed by atoms with E-state index in [2.05, 4.69) is 138 Å². The molecule has 0 N–H and O–H groups in total. The quantitative estimate of drug-likeness (QED) is 0.194. The Morgan fingerprint density at radius 2 is 1.00 bits per heavy atom. The molecule has 0 saturated heterocycles. The summed E-state index contributed by atoms with van der Waals surface area (Å²) in [6, 6.07) is 50.6. The van der Waals surface area contributed by atoms with Crippen molar-refractivity contribution in [2.75, 3.05) is 0 Å². The molecule has 5 nitrogen and oxygen atoms in total. The number of pyridine rings is 1. The molecule has 0 atom stereocenters. The lowest BCUT2D eigenvalue weighted by molar-refractivity contribution is 0.670. The van der Waals surface area contributed by atoms with Crippen molar-refractivity contribution in [3.8, 4) is 45.3 Å². The summed E-state index contributed by atoms with van der Waals surface area (Å²) in [7, 11) is 0. The third-order valence-corrected chi connectivity index (χ3v) is 9.36. The van der Waals surface area contributed by atoms with E-state index in [4.69, 9.17) is 19.4 Å². The minimum absolute atomic E-state index is 0.610. The number of hydrogen-bond acceptors (Lipinski definition) is 5. The molecule has 0 radical (unpaired) electrons. The number of nitrogens with zero attached hydrogens (tertiary/aromatic N) is 4. The molecule has 228 valence electrons. The first-order chi connectivity index (χ1) is 24.2. The smallest absolute Gasteiger partial charge is 0.164 e. The number of furan rings is 1. The van der Waals surface area contributed by atoms with Crippen molar-refractivity contribution < 1.29 is 4.42 Å². The lowest BCUT2D eigenvalue weighted by Crippen LogP contribution is -2.00. The third-order valence-electron chi connectivity index (χ3n) is 9.36. The van der Waals surface area contributed by atoms with Crippen LogP contribution in [-0.2, 0) is 0 Å². The van der Waals surface area contributed by atoms with Crippen LogP contribution >= 0.6 is 0 Å². The van der Waals surface area contributed by atoms with Crippen molar-refractivity contribution in [2.45, 2.75) is 0 Å². The molecule has 7 aromatic carbocycles. The number of fused-ring (bicyclic) bond motifs is 7. The average molecular weight is 627 g/mol. The third kappa shape index (κ3) is 4.63. The maximum atomic E-state index is 6.28. The van der Waals surface area contributed by atoms with Crippen molar-refractivity contribution in [3.05, 3.63) is 158 Å². The normalized spacial score (nSPS) is 11.7. The first kappa shape index (κ1) is 27.4. The molecule has 49 heavy (non-hydrogen) atoms. The highest BCUT2D eigenvalue weighted by molar-refractivity contribution is 6.15. The molecule has 0 amide bonds. The zero-order valence-electron chi connectivity index (χ0n) is 26.2. The Balaban J connectivity index is 1.19. The van der Waals surface area contributed by atoms with E-state index in [0.717, 1.165) is 71.3 Å². The molecule has 0 unspecified atom stereocenters. The van der Waals surface area contributed by atoms with E-state index >= 15 is 0 Å². The number of benzene rings is 7. The maximum absolute atomic E-state index is 6.28. The van der Waals surface area contributed by atoms with Gasteiger partial charge in [0.2, 0.25) is 0 Å². The number of rotatable bonds is 4. The van der Waals surface area contributed by atoms with Gasteiger partial charge in [-0.15, -0.1) is 0 Å². The van der Waals surface area contributed by atoms with E-state index in [1.807, 2.05) is 12.1 Å². The van der Waals surface area contributed by atoms with Crippen molar-refractivity contribution in [1.82, 2.24) is 19.9 Å². The molecule has 3 aromatic heterocycles. The van der Waals surface area contributed by atoms with Gasteiger partial charge < -0.3 is 4.42 Å². The zero-order chi connectivity index (χ0) is 32.3. The Bertz CT molecular complexity index is 2890. The highest BCUT2D eigenvalue weighted by Gasteiger charge is 2.17. The second kappa shape index (κ2) is 10.9. The molecule has 0 aliphatic carbocycles. The van der Waals surface area contributed by atoms with Crippen LogP contribution in [0.1, 0.15) is 0 Å². The van der Waals surface area contributed by atoms with Crippen molar-refractivity contribution in [3.63, 3.8) is 0 Å². The molecule has 5 heteroatoms. The summed E-state index contributed by atoms with van der Waals surface area (Å²) in [6.45, 7) is 0. The van der Waals surface area contributed by atoms with Crippen LogP contribution in [-0.4, -0.2) is 19.9 Å². The van der Waals surface area contributed by atoms with Crippen LogP contribution in [0.15, 0.2) is 162 Å². The minimum atomic E-state index is 0.610. The molecular weight excluding hydrogens is 601 g/mol. The fourth-order valence-electron chi connectivity index (χ4n) is 6.94. The topological polar surface area (TPSA) is 64.7 Å². The highest BCUT2D eigenvalue weighted by atomic mass is 16.3. The molecular formula is C44H26N4O. The van der Waals surface area contributed by atoms with Crippen LogP contribution in [0.2, 0.25) is 0 Å². The van der Waals surface area contributed by atoms with E-state index in [0.29, 0.717) is 17.5 Å². The van der Waals surface area contributed by atoms with Gasteiger partial charge in [-0.25, -0.2) is 15.0 Å². The van der Waals surface area contributed by atoms with Crippen LogP contribution in [0.25, 0.3) is 99.5 Å². The van der Waals surface area contributed by atoms with Gasteiger partial charge in [-0.3, -0.25) is 4.98 Å². The van der Waals surface area contributed by atoms with Gasteiger partial charge in [0.05, 0.1) is 6.20 Å². The maximum Gasteiger partial charge on any atom is 0.164 e. The van der Waals surface area contributed by atoms with Gasteiger partial charge in [-0.05, 0) is 80.5 Å². The molecule has 0 aliphatic heterocycles. The van der Waals surface area contributed by atoms with E-state index in [1.54, 1.807) is 12.4 Å². The molecule has 0 spiro atoms. The Morgan fingerprint density at radius 1 is 0.388 bits per heavy atom. The zero-order valence-corrected chi connectivity index (χ0v) is 26.2. The summed E-state index contributed by atoms with van der Waals surface area (Å²) < 4.78 is 6.28. The van der Waals surface area contributed by atoms with E-state index < -0.39 is 0 Å². The van der Waals surface area contributed by atoms with Gasteiger partial charge >= 0.3 is 0 Å². The standard InChI is InChI=1S/C44H26N4O/c1-2-9-28(10-3-1)39-25-34(24-30-12-6-7-13-35(30)39)44-47-42(32-15-14-27-8-4-5-11-29(27)22-32)46-43(48-44)33-17-18-36-31(23-33)16-19-38-37-20-21-45-26-40(37)49-41(36)38/h1-26H. The predicted octanol–water partition coefficient (Wildman–Crippen LogP) is 11.3. The fraction of sp³-hybridized carbons (Fsp3) is 0. The molecule has 0 bridgehead atoms. The van der Waals surface area contributed by atoms with Gasteiger partial charge in [0.15, 0.2) is 23.1 Å². The summed E-state index contributed by atoms with van der Waals surface area (Å²) in [6.07, 6.45) is 3.57. The average Bonchev–Trinajstić information content (AvgIpc) is 3.56. The number of hydrogen-bond donors (Lipinski definition) is 0. The lowest BCUT2D eigenvalue weighted by Gasteiger charge is -2.13. The SMILES string of the molecule is c1ccc(-c2cc(-c3nc(-c4ccc5ccccc5c4)nc(-c4ccc5c(ccc6c7ccncc7oc56)c4)n3)cc3ccccc23)cc1. The summed E-state index contributed by atoms with van der Waals surface area (Å²) in [5, 5.41) is 8.83. The summed E-state index contributed by atoms with van der Waals surface area (Å²) in [5.41, 5.74) is 6.68. The summed E-state index contributed by atoms with van der Waals surface area (Å²) in [5.74, 6) is 1.86. The second-order valence-corrected chi connectivity index (χ2v) is 12.3. The monoisotopic (exact) mass is 626 g/mol. The van der Waals surface area contributed by atoms with Crippen LogP contribution < -0.4 is 0 Å². The van der Waals surface area contributed by atoms with Crippen LogP contribution in [0, 0.1) is 0 Å². The van der Waals surface area contributed by atoms with Crippen molar-refractivity contribution in [1.29, 1.82) is 0 Å². The minimum Gasteiger partial charge on any atom is -0.454 e. The van der Waals surface area contributed by atoms with Crippen LogP contribution in [0.3, 0.4) is 0 Å². The Labute approximate surface area is 281 Å². The first-order valence-electron chi connectivity index (χ1n) is 16.3. The van der Waals surface area contributed by atoms with Gasteiger partial charge in [-0.2, -0.15) is 0 Å². The largest absolute Gasteiger partial charge is 0.454 e. The Morgan fingerprint density at radius 3 is 1.84 bits per heavy atom. The van der Waals surface area contributed by atoms with Gasteiger partial charge in [-0.1, -0.05) is 103 Å². The van der Waals surface area contributed by atoms with E-state index in [-0.39, 0.29) is 0 Å². The lowest BCUT2D eigenvalue weighted by atomic mass is 9.95. The van der Waals surface area contributed by atoms with Crippen LogP contribution in [0.4, 0.5) is 0 Å². The second-order valence-electron chi connectivity index (χ2n) is 12.3. The Hall–Kier alpha value is -6.72. The van der Waals surface area contributed by atoms with Crippen molar-refractivity contribution in [2.24, 2.45) is 0 Å².